The lowest BCUT2D eigenvalue weighted by molar-refractivity contribution is -0.142. The molecule has 0 aliphatic carbocycles. The van der Waals surface area contributed by atoms with E-state index in [9.17, 15) is 4.79 Å². The third-order valence-corrected chi connectivity index (χ3v) is 4.15. The maximum Gasteiger partial charge on any atom is 0.308 e. The van der Waals surface area contributed by atoms with Gasteiger partial charge in [0, 0.05) is 19.1 Å². The van der Waals surface area contributed by atoms with E-state index in [1.54, 1.807) is 0 Å². The Labute approximate surface area is 103 Å². The van der Waals surface area contributed by atoms with Crippen LogP contribution < -0.4 is 0 Å². The number of carboxylic acids is 1. The van der Waals surface area contributed by atoms with E-state index in [4.69, 9.17) is 9.84 Å². The van der Waals surface area contributed by atoms with E-state index >= 15 is 0 Å². The van der Waals surface area contributed by atoms with Gasteiger partial charge in [-0.2, -0.15) is 0 Å². The van der Waals surface area contributed by atoms with Gasteiger partial charge in [0.05, 0.1) is 18.1 Å². The fourth-order valence-electron chi connectivity index (χ4n) is 3.29. The average Bonchev–Trinajstić information content (AvgIpc) is 2.59. The van der Waals surface area contributed by atoms with Crippen molar-refractivity contribution < 1.29 is 14.6 Å². The Kier molecular flexibility index (Phi) is 3.73. The number of hydrogen-bond donors (Lipinski definition) is 1. The average molecular weight is 241 g/mol. The van der Waals surface area contributed by atoms with Gasteiger partial charge in [-0.15, -0.1) is 0 Å². The molecule has 2 saturated heterocycles. The number of rotatable bonds is 2. The molecule has 0 aromatic rings. The Morgan fingerprint density at radius 1 is 1.18 bits per heavy atom. The van der Waals surface area contributed by atoms with Crippen molar-refractivity contribution in [1.82, 2.24) is 4.90 Å². The Balaban J connectivity index is 1.97. The lowest BCUT2D eigenvalue weighted by atomic mass is 9.98. The zero-order valence-electron chi connectivity index (χ0n) is 10.9. The number of carboxylic acid groups (broad SMARTS) is 1. The first-order valence-corrected chi connectivity index (χ1v) is 6.59. The summed E-state index contributed by atoms with van der Waals surface area (Å²) in [5.74, 6) is -0.572. The van der Waals surface area contributed by atoms with Gasteiger partial charge in [0.2, 0.25) is 0 Å². The summed E-state index contributed by atoms with van der Waals surface area (Å²) in [6.07, 6.45) is 2.65. The number of hydrogen-bond acceptors (Lipinski definition) is 3. The highest BCUT2D eigenvalue weighted by molar-refractivity contribution is 5.71. The smallest absolute Gasteiger partial charge is 0.308 e. The standard InChI is InChI=1S/C13H23NO3/c1-8-6-14(7-12(8)13(15)16)11-4-9(2)17-10(3)5-11/h8-12H,4-7H2,1-3H3,(H,15,16)/t8-,9?,10?,11?,12-/m1/s1. The van der Waals surface area contributed by atoms with Crippen molar-refractivity contribution in [3.63, 3.8) is 0 Å². The molecule has 0 bridgehead atoms. The second-order valence-corrected chi connectivity index (χ2v) is 5.76. The molecule has 4 atom stereocenters. The van der Waals surface area contributed by atoms with Crippen molar-refractivity contribution in [1.29, 1.82) is 0 Å². The zero-order valence-corrected chi connectivity index (χ0v) is 10.9. The SMILES string of the molecule is CC1CC(N2C[C@@H](C)[C@H](C(=O)O)C2)CC(C)O1. The summed E-state index contributed by atoms with van der Waals surface area (Å²) >= 11 is 0. The quantitative estimate of drug-likeness (QED) is 0.797. The van der Waals surface area contributed by atoms with E-state index < -0.39 is 5.97 Å². The molecule has 4 heteroatoms. The molecule has 2 aliphatic heterocycles. The van der Waals surface area contributed by atoms with Gasteiger partial charge in [0.1, 0.15) is 0 Å². The normalized spacial score (nSPS) is 43.8. The van der Waals surface area contributed by atoms with Gasteiger partial charge in [-0.1, -0.05) is 6.92 Å². The van der Waals surface area contributed by atoms with Crippen LogP contribution in [0.5, 0.6) is 0 Å². The Morgan fingerprint density at radius 2 is 1.76 bits per heavy atom. The van der Waals surface area contributed by atoms with Crippen molar-refractivity contribution >= 4 is 5.97 Å². The number of nitrogens with zero attached hydrogens (tertiary/aromatic N) is 1. The van der Waals surface area contributed by atoms with Gasteiger partial charge < -0.3 is 9.84 Å². The molecule has 2 unspecified atom stereocenters. The van der Waals surface area contributed by atoms with E-state index in [2.05, 4.69) is 18.7 Å². The zero-order chi connectivity index (χ0) is 12.6. The lowest BCUT2D eigenvalue weighted by Crippen LogP contribution is -2.43. The van der Waals surface area contributed by atoms with Crippen LogP contribution in [0.4, 0.5) is 0 Å². The van der Waals surface area contributed by atoms with Gasteiger partial charge in [-0.3, -0.25) is 9.69 Å². The number of carbonyl (C=O) groups is 1. The molecule has 0 radical (unpaired) electrons. The summed E-state index contributed by atoms with van der Waals surface area (Å²) in [5, 5.41) is 9.15. The van der Waals surface area contributed by atoms with Gasteiger partial charge >= 0.3 is 5.97 Å². The molecular formula is C13H23NO3. The highest BCUT2D eigenvalue weighted by atomic mass is 16.5. The molecule has 2 rings (SSSR count). The Bertz CT molecular complexity index is 284. The van der Waals surface area contributed by atoms with Crippen LogP contribution >= 0.6 is 0 Å². The van der Waals surface area contributed by atoms with E-state index in [1.807, 2.05) is 6.92 Å². The van der Waals surface area contributed by atoms with Crippen LogP contribution in [-0.4, -0.2) is 47.3 Å². The lowest BCUT2D eigenvalue weighted by Gasteiger charge is -2.37. The van der Waals surface area contributed by atoms with Crippen LogP contribution in [0.15, 0.2) is 0 Å². The molecule has 2 fully saturated rings. The van der Waals surface area contributed by atoms with E-state index in [0.717, 1.165) is 19.4 Å². The van der Waals surface area contributed by atoms with Crippen molar-refractivity contribution in [2.45, 2.75) is 51.9 Å². The van der Waals surface area contributed by atoms with Crippen LogP contribution in [0.25, 0.3) is 0 Å². The first-order valence-electron chi connectivity index (χ1n) is 6.59. The molecule has 0 amide bonds. The predicted octanol–water partition coefficient (Wildman–Crippen LogP) is 1.59. The summed E-state index contributed by atoms with van der Waals surface area (Å²) in [4.78, 5) is 13.5. The monoisotopic (exact) mass is 241 g/mol. The van der Waals surface area contributed by atoms with E-state index in [-0.39, 0.29) is 11.8 Å². The van der Waals surface area contributed by atoms with Crippen LogP contribution in [0, 0.1) is 11.8 Å². The van der Waals surface area contributed by atoms with Crippen LogP contribution in [-0.2, 0) is 9.53 Å². The molecule has 0 spiro atoms. The van der Waals surface area contributed by atoms with Gasteiger partial charge in [-0.25, -0.2) is 0 Å². The van der Waals surface area contributed by atoms with E-state index in [1.165, 1.54) is 0 Å². The van der Waals surface area contributed by atoms with Crippen LogP contribution in [0.1, 0.15) is 33.6 Å². The number of likely N-dealkylation sites (tertiary alicyclic amines) is 1. The maximum atomic E-state index is 11.1. The molecule has 0 aromatic heterocycles. The molecular weight excluding hydrogens is 218 g/mol. The number of aliphatic carboxylic acids is 1. The van der Waals surface area contributed by atoms with Crippen molar-refractivity contribution in [3.05, 3.63) is 0 Å². The molecule has 2 aliphatic rings. The second-order valence-electron chi connectivity index (χ2n) is 5.76. The van der Waals surface area contributed by atoms with E-state index in [0.29, 0.717) is 24.8 Å². The van der Waals surface area contributed by atoms with Crippen LogP contribution in [0.2, 0.25) is 0 Å². The number of ether oxygens (including phenoxy) is 1. The third-order valence-electron chi connectivity index (χ3n) is 4.15. The summed E-state index contributed by atoms with van der Waals surface area (Å²) in [6, 6.07) is 0.501. The second kappa shape index (κ2) is 4.94. The summed E-state index contributed by atoms with van der Waals surface area (Å²) in [7, 11) is 0. The van der Waals surface area contributed by atoms with Gasteiger partial charge in [0.15, 0.2) is 0 Å². The topological polar surface area (TPSA) is 49.8 Å². The fourth-order valence-corrected chi connectivity index (χ4v) is 3.29. The molecule has 1 N–H and O–H groups in total. The maximum absolute atomic E-state index is 11.1. The summed E-state index contributed by atoms with van der Waals surface area (Å²) in [6.45, 7) is 7.89. The Hall–Kier alpha value is -0.610. The molecule has 0 saturated carbocycles. The predicted molar refractivity (Wildman–Crippen MR) is 64.9 cm³/mol. The molecule has 98 valence electrons. The fraction of sp³-hybridized carbons (Fsp3) is 0.923. The van der Waals surface area contributed by atoms with Gasteiger partial charge in [0.25, 0.3) is 0 Å². The molecule has 4 nitrogen and oxygen atoms in total. The minimum atomic E-state index is -0.645. The van der Waals surface area contributed by atoms with Crippen molar-refractivity contribution in [2.75, 3.05) is 13.1 Å². The van der Waals surface area contributed by atoms with Crippen molar-refractivity contribution in [2.24, 2.45) is 11.8 Å². The highest BCUT2D eigenvalue weighted by Gasteiger charge is 2.39. The van der Waals surface area contributed by atoms with Gasteiger partial charge in [-0.05, 0) is 32.6 Å². The first kappa shape index (κ1) is 12.8. The Morgan fingerprint density at radius 3 is 2.24 bits per heavy atom. The largest absolute Gasteiger partial charge is 0.481 e. The minimum absolute atomic E-state index is 0.191. The summed E-state index contributed by atoms with van der Waals surface area (Å²) in [5.41, 5.74) is 0. The van der Waals surface area contributed by atoms with Crippen molar-refractivity contribution in [3.8, 4) is 0 Å². The summed E-state index contributed by atoms with van der Waals surface area (Å²) < 4.78 is 5.73. The third kappa shape index (κ3) is 2.80. The highest BCUT2D eigenvalue weighted by Crippen LogP contribution is 2.31. The first-order chi connectivity index (χ1) is 7.97. The van der Waals surface area contributed by atoms with Crippen LogP contribution in [0.3, 0.4) is 0 Å². The molecule has 2 heterocycles. The minimum Gasteiger partial charge on any atom is -0.481 e. The molecule has 0 aromatic carbocycles. The molecule has 17 heavy (non-hydrogen) atoms.